The lowest BCUT2D eigenvalue weighted by atomic mass is 10.0. The number of carbonyl (C=O) groups is 2. The van der Waals surface area contributed by atoms with Crippen LogP contribution in [0.2, 0.25) is 0 Å². The number of carboxylic acid groups (broad SMARTS) is 1. The fourth-order valence-corrected chi connectivity index (χ4v) is 2.48. The van der Waals surface area contributed by atoms with Crippen LogP contribution in [-0.2, 0) is 16.1 Å². The summed E-state index contributed by atoms with van der Waals surface area (Å²) in [7, 11) is 0. The van der Waals surface area contributed by atoms with Crippen LogP contribution >= 0.6 is 0 Å². The number of hydrogen-bond acceptors (Lipinski definition) is 4. The summed E-state index contributed by atoms with van der Waals surface area (Å²) in [6.07, 6.45) is 1.14. The zero-order valence-corrected chi connectivity index (χ0v) is 13.4. The Morgan fingerprint density at radius 3 is 2.72 bits per heavy atom. The molecule has 0 saturated carbocycles. The van der Waals surface area contributed by atoms with Gasteiger partial charge in [0.25, 0.3) is 0 Å². The first-order valence-corrected chi connectivity index (χ1v) is 7.76. The summed E-state index contributed by atoms with van der Waals surface area (Å²) in [5, 5.41) is 11.5. The summed E-state index contributed by atoms with van der Waals surface area (Å²) in [5.74, 6) is -0.255. The Morgan fingerprint density at radius 2 is 1.96 bits per heavy atom. The molecule has 0 spiro atoms. The van der Waals surface area contributed by atoms with Crippen LogP contribution < -0.4 is 10.1 Å². The second kappa shape index (κ2) is 7.53. The lowest BCUT2D eigenvalue weighted by Crippen LogP contribution is -2.14. The van der Waals surface area contributed by atoms with Gasteiger partial charge < -0.3 is 14.6 Å². The molecule has 1 aliphatic rings. The topological polar surface area (TPSA) is 84.9 Å². The molecule has 0 saturated heterocycles. The number of benzene rings is 2. The van der Waals surface area contributed by atoms with Crippen molar-refractivity contribution in [2.45, 2.75) is 13.0 Å². The van der Waals surface area contributed by atoms with Gasteiger partial charge in [0.2, 0.25) is 0 Å². The quantitative estimate of drug-likeness (QED) is 0.868. The summed E-state index contributed by atoms with van der Waals surface area (Å²) >= 11 is 0. The molecule has 6 nitrogen and oxygen atoms in total. The van der Waals surface area contributed by atoms with E-state index >= 15 is 0 Å². The summed E-state index contributed by atoms with van der Waals surface area (Å²) < 4.78 is 10.7. The second-order valence-corrected chi connectivity index (χ2v) is 5.60. The van der Waals surface area contributed by atoms with Crippen molar-refractivity contribution in [1.82, 2.24) is 0 Å². The largest absolute Gasteiger partial charge is 0.489 e. The molecule has 0 unspecified atom stereocenters. The van der Waals surface area contributed by atoms with E-state index in [0.717, 1.165) is 11.1 Å². The lowest BCUT2D eigenvalue weighted by Gasteiger charge is -2.18. The smallest absolute Gasteiger partial charge is 0.411 e. The van der Waals surface area contributed by atoms with E-state index in [2.05, 4.69) is 5.32 Å². The van der Waals surface area contributed by atoms with E-state index in [1.54, 1.807) is 24.3 Å². The average molecular weight is 339 g/mol. The predicted octanol–water partition coefficient (Wildman–Crippen LogP) is 3.69. The Hall–Kier alpha value is -3.28. The minimum atomic E-state index is -0.905. The number of nitrogens with one attached hydrogen (secondary N) is 1. The van der Waals surface area contributed by atoms with Gasteiger partial charge in [-0.25, -0.2) is 4.79 Å². The van der Waals surface area contributed by atoms with Gasteiger partial charge >= 0.3 is 12.1 Å². The number of rotatable bonds is 5. The molecule has 1 amide bonds. The Balaban J connectivity index is 1.63. The van der Waals surface area contributed by atoms with Crippen LogP contribution in [0, 0.1) is 0 Å². The first-order chi connectivity index (χ1) is 12.1. The van der Waals surface area contributed by atoms with Crippen molar-refractivity contribution in [3.05, 3.63) is 65.2 Å². The SMILES string of the molecule is O=C(O)CC1=Cc2cc(NC(=O)OCc3ccccc3)ccc2OC1. The Kier molecular flexibility index (Phi) is 4.99. The molecule has 25 heavy (non-hydrogen) atoms. The van der Waals surface area contributed by atoms with Gasteiger partial charge in [-0.1, -0.05) is 30.3 Å². The molecule has 0 aromatic heterocycles. The summed E-state index contributed by atoms with van der Waals surface area (Å²) in [5.41, 5.74) is 2.85. The third kappa shape index (κ3) is 4.60. The van der Waals surface area contributed by atoms with Crippen molar-refractivity contribution in [2.24, 2.45) is 0 Å². The monoisotopic (exact) mass is 339 g/mol. The highest BCUT2D eigenvalue weighted by atomic mass is 16.5. The van der Waals surface area contributed by atoms with Crippen molar-refractivity contribution < 1.29 is 24.2 Å². The zero-order valence-electron chi connectivity index (χ0n) is 13.4. The molecule has 3 rings (SSSR count). The number of ether oxygens (including phenoxy) is 2. The number of anilines is 1. The van der Waals surface area contributed by atoms with Crippen LogP contribution in [-0.4, -0.2) is 23.8 Å². The zero-order chi connectivity index (χ0) is 17.6. The molecular formula is C19H17NO5. The van der Waals surface area contributed by atoms with E-state index in [9.17, 15) is 9.59 Å². The maximum atomic E-state index is 11.9. The number of aliphatic carboxylic acids is 1. The molecule has 1 aliphatic heterocycles. The van der Waals surface area contributed by atoms with E-state index in [-0.39, 0.29) is 19.6 Å². The van der Waals surface area contributed by atoms with Crippen molar-refractivity contribution in [1.29, 1.82) is 0 Å². The predicted molar refractivity (Wildman–Crippen MR) is 92.4 cm³/mol. The van der Waals surface area contributed by atoms with Gasteiger partial charge in [0.05, 0.1) is 6.42 Å². The molecule has 6 heteroatoms. The van der Waals surface area contributed by atoms with Crippen molar-refractivity contribution in [2.75, 3.05) is 11.9 Å². The molecule has 0 bridgehead atoms. The first-order valence-electron chi connectivity index (χ1n) is 7.76. The number of carboxylic acids is 1. The van der Waals surface area contributed by atoms with E-state index in [1.165, 1.54) is 0 Å². The van der Waals surface area contributed by atoms with Crippen LogP contribution in [0.3, 0.4) is 0 Å². The fraction of sp³-hybridized carbons (Fsp3) is 0.158. The Morgan fingerprint density at radius 1 is 1.16 bits per heavy atom. The van der Waals surface area contributed by atoms with Crippen LogP contribution in [0.25, 0.3) is 6.08 Å². The van der Waals surface area contributed by atoms with Crippen LogP contribution in [0.5, 0.6) is 5.75 Å². The van der Waals surface area contributed by atoms with Gasteiger partial charge in [0.1, 0.15) is 19.0 Å². The maximum Gasteiger partial charge on any atom is 0.411 e. The van der Waals surface area contributed by atoms with E-state index in [0.29, 0.717) is 17.0 Å². The number of carbonyl (C=O) groups excluding carboxylic acids is 1. The second-order valence-electron chi connectivity index (χ2n) is 5.60. The van der Waals surface area contributed by atoms with Crippen molar-refractivity contribution in [3.63, 3.8) is 0 Å². The maximum absolute atomic E-state index is 11.9. The summed E-state index contributed by atoms with van der Waals surface area (Å²) in [4.78, 5) is 22.7. The molecule has 0 radical (unpaired) electrons. The molecular weight excluding hydrogens is 322 g/mol. The normalized spacial score (nSPS) is 12.4. The van der Waals surface area contributed by atoms with Crippen LogP contribution in [0.1, 0.15) is 17.5 Å². The molecule has 1 heterocycles. The highest BCUT2D eigenvalue weighted by Crippen LogP contribution is 2.30. The number of hydrogen-bond donors (Lipinski definition) is 2. The molecule has 128 valence electrons. The highest BCUT2D eigenvalue weighted by Gasteiger charge is 2.15. The molecule has 0 fully saturated rings. The van der Waals surface area contributed by atoms with Gasteiger partial charge in [-0.05, 0) is 35.4 Å². The molecule has 2 N–H and O–H groups in total. The molecule has 0 atom stereocenters. The average Bonchev–Trinajstić information content (AvgIpc) is 2.60. The third-order valence-electron chi connectivity index (χ3n) is 3.62. The molecule has 2 aromatic carbocycles. The van der Waals surface area contributed by atoms with Crippen molar-refractivity contribution in [3.8, 4) is 5.75 Å². The molecule has 2 aromatic rings. The third-order valence-corrected chi connectivity index (χ3v) is 3.62. The van der Waals surface area contributed by atoms with E-state index in [1.807, 2.05) is 30.3 Å². The van der Waals surface area contributed by atoms with Gasteiger partial charge in [-0.3, -0.25) is 10.1 Å². The Labute approximate surface area is 144 Å². The molecule has 0 aliphatic carbocycles. The lowest BCUT2D eigenvalue weighted by molar-refractivity contribution is -0.136. The van der Waals surface area contributed by atoms with Gasteiger partial charge in [-0.2, -0.15) is 0 Å². The van der Waals surface area contributed by atoms with Gasteiger partial charge in [0, 0.05) is 11.3 Å². The fourth-order valence-electron chi connectivity index (χ4n) is 2.48. The van der Waals surface area contributed by atoms with E-state index in [4.69, 9.17) is 14.6 Å². The van der Waals surface area contributed by atoms with Gasteiger partial charge in [0.15, 0.2) is 0 Å². The van der Waals surface area contributed by atoms with Crippen molar-refractivity contribution >= 4 is 23.8 Å². The van der Waals surface area contributed by atoms with Gasteiger partial charge in [-0.15, -0.1) is 0 Å². The minimum absolute atomic E-state index is 0.0732. The minimum Gasteiger partial charge on any atom is -0.489 e. The Bertz CT molecular complexity index is 814. The number of fused-ring (bicyclic) bond motifs is 1. The number of amides is 1. The summed E-state index contributed by atoms with van der Waals surface area (Å²) in [6, 6.07) is 14.6. The highest BCUT2D eigenvalue weighted by molar-refractivity contribution is 5.86. The van der Waals surface area contributed by atoms with Crippen LogP contribution in [0.4, 0.5) is 10.5 Å². The van der Waals surface area contributed by atoms with E-state index < -0.39 is 12.1 Å². The standard InChI is InChI=1S/C19H17NO5/c21-18(22)9-14-8-15-10-16(6-7-17(15)24-12-14)20-19(23)25-11-13-4-2-1-3-5-13/h1-8,10H,9,11-12H2,(H,20,23)(H,21,22). The summed E-state index contributed by atoms with van der Waals surface area (Å²) in [6.45, 7) is 0.439. The van der Waals surface area contributed by atoms with Crippen LogP contribution in [0.15, 0.2) is 54.1 Å². The first kappa shape index (κ1) is 16.6.